The second kappa shape index (κ2) is 11.0. The first-order valence-electron chi connectivity index (χ1n) is 12.3. The fourth-order valence-electron chi connectivity index (χ4n) is 4.75. The summed E-state index contributed by atoms with van der Waals surface area (Å²) in [7, 11) is 0. The van der Waals surface area contributed by atoms with Crippen LogP contribution in [0, 0.1) is 0 Å². The molecule has 3 aliphatic rings. The molecule has 0 spiro atoms. The minimum Gasteiger partial charge on any atom is -0.508 e. The van der Waals surface area contributed by atoms with Crippen molar-refractivity contribution in [3.63, 3.8) is 0 Å². The molecule has 0 aliphatic carbocycles. The normalized spacial score (nSPS) is 36.3. The SMILES string of the molecule is O=C1C[C@@H](c2ccc(O[C@H]3O[C@H](CO)[C@H](O)[C@@H](O)[C@H]3O[C@@H]3OC[C@](O)(CO)[C@H]3O)cc2)Oc2cc(O)ccc21. The van der Waals surface area contributed by atoms with E-state index in [1.54, 1.807) is 24.3 Å². The van der Waals surface area contributed by atoms with Crippen molar-refractivity contribution in [3.8, 4) is 17.2 Å². The number of fused-ring (bicyclic) bond motifs is 1. The lowest BCUT2D eigenvalue weighted by Crippen LogP contribution is -2.62. The standard InChI is InChI=1S/C26H30O13/c27-9-19-20(31)21(32)22(39-25-23(33)26(34,10-28)11-35-25)24(38-19)36-14-4-1-12(2-5-14)17-8-16(30)15-6-3-13(29)7-18(15)37-17/h1-7,17,19-25,27-29,31-34H,8-11H2/t17-,19+,20-,21+,22+,23-,24-,25-,26+/m0/s1. The molecule has 5 rings (SSSR count). The summed E-state index contributed by atoms with van der Waals surface area (Å²) < 4.78 is 28.3. The number of hydrogen-bond donors (Lipinski definition) is 7. The Bertz CT molecular complexity index is 1170. The zero-order chi connectivity index (χ0) is 27.9. The Hall–Kier alpha value is -2.85. The number of carbonyl (C=O) groups excluding carboxylic acids is 1. The molecule has 0 bridgehead atoms. The molecule has 2 aromatic carbocycles. The summed E-state index contributed by atoms with van der Waals surface area (Å²) in [5.41, 5.74) is -0.945. The Morgan fingerprint density at radius 2 is 1.74 bits per heavy atom. The first-order valence-corrected chi connectivity index (χ1v) is 12.3. The van der Waals surface area contributed by atoms with Crippen molar-refractivity contribution in [1.29, 1.82) is 0 Å². The van der Waals surface area contributed by atoms with Crippen molar-refractivity contribution in [2.45, 2.75) is 61.2 Å². The third-order valence-electron chi connectivity index (χ3n) is 7.11. The van der Waals surface area contributed by atoms with E-state index in [1.807, 2.05) is 0 Å². The highest BCUT2D eigenvalue weighted by Gasteiger charge is 2.53. The number of aliphatic hydroxyl groups excluding tert-OH is 5. The van der Waals surface area contributed by atoms with Crippen molar-refractivity contribution in [2.75, 3.05) is 19.8 Å². The number of ketones is 1. The molecule has 39 heavy (non-hydrogen) atoms. The summed E-state index contributed by atoms with van der Waals surface area (Å²) in [4.78, 5) is 12.5. The van der Waals surface area contributed by atoms with Crippen LogP contribution in [0.15, 0.2) is 42.5 Å². The number of aromatic hydroxyl groups is 1. The van der Waals surface area contributed by atoms with Gasteiger partial charge >= 0.3 is 0 Å². The molecule has 7 N–H and O–H groups in total. The molecule has 0 radical (unpaired) electrons. The van der Waals surface area contributed by atoms with E-state index >= 15 is 0 Å². The van der Waals surface area contributed by atoms with Crippen LogP contribution in [0.25, 0.3) is 0 Å². The maximum Gasteiger partial charge on any atom is 0.229 e. The summed E-state index contributed by atoms with van der Waals surface area (Å²) in [5.74, 6) is 0.348. The van der Waals surface area contributed by atoms with Gasteiger partial charge in [0.05, 0.1) is 31.8 Å². The van der Waals surface area contributed by atoms with Crippen LogP contribution < -0.4 is 9.47 Å². The summed E-state index contributed by atoms with van der Waals surface area (Å²) in [6.45, 7) is -1.88. The highest BCUT2D eigenvalue weighted by atomic mass is 16.8. The van der Waals surface area contributed by atoms with Crippen molar-refractivity contribution >= 4 is 5.78 Å². The molecule has 2 aromatic rings. The molecule has 2 saturated heterocycles. The van der Waals surface area contributed by atoms with Gasteiger partial charge in [0.2, 0.25) is 6.29 Å². The predicted octanol–water partition coefficient (Wildman–Crippen LogP) is -1.26. The third kappa shape index (κ3) is 5.33. The molecular formula is C26H30O13. The fourth-order valence-corrected chi connectivity index (χ4v) is 4.75. The number of phenols is 1. The zero-order valence-electron chi connectivity index (χ0n) is 20.6. The molecule has 0 aromatic heterocycles. The number of phenolic OH excluding ortho intramolecular Hbond substituents is 1. The van der Waals surface area contributed by atoms with E-state index in [9.17, 15) is 40.5 Å². The summed E-state index contributed by atoms with van der Waals surface area (Å²) in [6, 6.07) is 10.7. The largest absolute Gasteiger partial charge is 0.508 e. The second-order valence-corrected chi connectivity index (χ2v) is 9.79. The smallest absolute Gasteiger partial charge is 0.229 e. The van der Waals surface area contributed by atoms with E-state index in [-0.39, 0.29) is 29.5 Å². The minimum absolute atomic E-state index is 0.0275. The van der Waals surface area contributed by atoms with Gasteiger partial charge in [-0.1, -0.05) is 12.1 Å². The van der Waals surface area contributed by atoms with Crippen molar-refractivity contribution < 1.29 is 64.2 Å². The molecule has 13 nitrogen and oxygen atoms in total. The monoisotopic (exact) mass is 550 g/mol. The number of Topliss-reactive ketones (excluding diaryl/α,β-unsaturated/α-hetero) is 1. The van der Waals surface area contributed by atoms with Crippen LogP contribution in [0.4, 0.5) is 0 Å². The summed E-state index contributed by atoms with van der Waals surface area (Å²) in [5, 5.41) is 70.3. The topological polar surface area (TPSA) is 205 Å². The number of ether oxygens (including phenoxy) is 5. The first-order chi connectivity index (χ1) is 18.6. The molecular weight excluding hydrogens is 520 g/mol. The van der Waals surface area contributed by atoms with Gasteiger partial charge in [0.1, 0.15) is 53.4 Å². The van der Waals surface area contributed by atoms with Crippen LogP contribution >= 0.6 is 0 Å². The van der Waals surface area contributed by atoms with Gasteiger partial charge in [-0.25, -0.2) is 0 Å². The fraction of sp³-hybridized carbons (Fsp3) is 0.500. The van der Waals surface area contributed by atoms with E-state index in [4.69, 9.17) is 23.7 Å². The average Bonchev–Trinajstić information content (AvgIpc) is 3.21. The van der Waals surface area contributed by atoms with Gasteiger partial charge in [0, 0.05) is 6.07 Å². The maximum absolute atomic E-state index is 12.5. The minimum atomic E-state index is -1.98. The second-order valence-electron chi connectivity index (χ2n) is 9.79. The average molecular weight is 551 g/mol. The van der Waals surface area contributed by atoms with Gasteiger partial charge < -0.3 is 59.4 Å². The Morgan fingerprint density at radius 1 is 1.00 bits per heavy atom. The molecule has 0 saturated carbocycles. The third-order valence-corrected chi connectivity index (χ3v) is 7.11. The van der Waals surface area contributed by atoms with Gasteiger partial charge in [-0.2, -0.15) is 0 Å². The first kappa shape index (κ1) is 27.7. The predicted molar refractivity (Wildman–Crippen MR) is 128 cm³/mol. The van der Waals surface area contributed by atoms with Crippen molar-refractivity contribution in [2.24, 2.45) is 0 Å². The Labute approximate surface area is 222 Å². The van der Waals surface area contributed by atoms with Gasteiger partial charge in [-0.15, -0.1) is 0 Å². The molecule has 3 heterocycles. The Balaban J connectivity index is 1.31. The van der Waals surface area contributed by atoms with E-state index in [1.165, 1.54) is 18.2 Å². The Kier molecular flexibility index (Phi) is 7.79. The number of aliphatic hydroxyl groups is 6. The van der Waals surface area contributed by atoms with Gasteiger partial charge in [0.15, 0.2) is 18.2 Å². The number of carbonyl (C=O) groups is 1. The molecule has 3 aliphatic heterocycles. The van der Waals surface area contributed by atoms with Crippen molar-refractivity contribution in [3.05, 3.63) is 53.6 Å². The molecule has 212 valence electrons. The van der Waals surface area contributed by atoms with Crippen LogP contribution in [0.5, 0.6) is 17.2 Å². The van der Waals surface area contributed by atoms with Crippen molar-refractivity contribution in [1.82, 2.24) is 0 Å². The lowest BCUT2D eigenvalue weighted by atomic mass is 9.96. The van der Waals surface area contributed by atoms with Gasteiger partial charge in [-0.05, 0) is 29.8 Å². The number of benzene rings is 2. The highest BCUT2D eigenvalue weighted by molar-refractivity contribution is 6.00. The Morgan fingerprint density at radius 3 is 2.41 bits per heavy atom. The quantitative estimate of drug-likeness (QED) is 0.215. The number of rotatable bonds is 7. The molecule has 0 unspecified atom stereocenters. The van der Waals surface area contributed by atoms with Crippen LogP contribution in [-0.2, 0) is 14.2 Å². The van der Waals surface area contributed by atoms with Crippen LogP contribution in [-0.4, -0.2) is 110 Å². The number of hydrogen-bond acceptors (Lipinski definition) is 13. The van der Waals surface area contributed by atoms with Gasteiger partial charge in [0.25, 0.3) is 0 Å². The van der Waals surface area contributed by atoms with Crippen LogP contribution in [0.3, 0.4) is 0 Å². The van der Waals surface area contributed by atoms with E-state index in [2.05, 4.69) is 0 Å². The summed E-state index contributed by atoms with van der Waals surface area (Å²) >= 11 is 0. The lowest BCUT2D eigenvalue weighted by molar-refractivity contribution is -0.318. The van der Waals surface area contributed by atoms with Crippen LogP contribution in [0.1, 0.15) is 28.4 Å². The summed E-state index contributed by atoms with van der Waals surface area (Å²) in [6.07, 6.45) is -10.9. The molecule has 13 heteroatoms. The van der Waals surface area contributed by atoms with E-state index in [0.29, 0.717) is 11.1 Å². The molecule has 2 fully saturated rings. The zero-order valence-corrected chi connectivity index (χ0v) is 20.6. The molecule has 9 atom stereocenters. The highest BCUT2D eigenvalue weighted by Crippen LogP contribution is 2.38. The van der Waals surface area contributed by atoms with E-state index in [0.717, 1.165) is 0 Å². The molecule has 0 amide bonds. The van der Waals surface area contributed by atoms with E-state index < -0.39 is 74.6 Å². The lowest BCUT2D eigenvalue weighted by Gasteiger charge is -2.42. The maximum atomic E-state index is 12.5. The van der Waals surface area contributed by atoms with Crippen LogP contribution in [0.2, 0.25) is 0 Å². The van der Waals surface area contributed by atoms with Gasteiger partial charge in [-0.3, -0.25) is 4.79 Å².